The summed E-state index contributed by atoms with van der Waals surface area (Å²) in [6.45, 7) is 3.86. The first-order valence-electron chi connectivity index (χ1n) is 10.9. The first-order chi connectivity index (χ1) is 16.9. The normalized spacial score (nSPS) is 10.6. The summed E-state index contributed by atoms with van der Waals surface area (Å²) < 4.78 is 16.6. The highest BCUT2D eigenvalue weighted by Gasteiger charge is 2.10. The number of ether oxygens (including phenoxy) is 3. The van der Waals surface area contributed by atoms with Gasteiger partial charge in [-0.15, -0.1) is 0 Å². The molecule has 0 fully saturated rings. The molecule has 0 radical (unpaired) electrons. The molecule has 2 amide bonds. The number of halogens is 1. The lowest BCUT2D eigenvalue weighted by Gasteiger charge is -2.12. The number of hydrazone groups is 1. The Hall–Kier alpha value is -4.04. The highest BCUT2D eigenvalue weighted by atomic mass is 35.5. The molecule has 3 rings (SSSR count). The number of amides is 2. The molecule has 3 aromatic rings. The van der Waals surface area contributed by atoms with E-state index in [0.717, 1.165) is 5.56 Å². The molecule has 0 bridgehead atoms. The van der Waals surface area contributed by atoms with Crippen LogP contribution < -0.4 is 25.0 Å². The lowest BCUT2D eigenvalue weighted by Crippen LogP contribution is -2.24. The maximum Gasteiger partial charge on any atom is 0.277 e. The molecular weight excluding hydrogens is 470 g/mol. The summed E-state index contributed by atoms with van der Waals surface area (Å²) in [6.07, 6.45) is 1.47. The topological polar surface area (TPSA) is 98.2 Å². The molecule has 0 aromatic heterocycles. The Morgan fingerprint density at radius 2 is 1.60 bits per heavy atom. The van der Waals surface area contributed by atoms with E-state index in [1.54, 1.807) is 42.5 Å². The van der Waals surface area contributed by atoms with Crippen molar-refractivity contribution >= 4 is 35.3 Å². The van der Waals surface area contributed by atoms with Crippen molar-refractivity contribution in [3.8, 4) is 17.2 Å². The van der Waals surface area contributed by atoms with Crippen LogP contribution in [0.4, 0.5) is 5.69 Å². The number of rotatable bonds is 11. The van der Waals surface area contributed by atoms with Gasteiger partial charge in [0.25, 0.3) is 11.8 Å². The summed E-state index contributed by atoms with van der Waals surface area (Å²) in [5.74, 6) is 0.699. The number of nitrogens with zero attached hydrogens (tertiary/aromatic N) is 1. The second-order valence-electron chi connectivity index (χ2n) is 7.38. The Bertz CT molecular complexity index is 1160. The van der Waals surface area contributed by atoms with Crippen LogP contribution in [0.15, 0.2) is 71.8 Å². The fourth-order valence-corrected chi connectivity index (χ4v) is 2.99. The Morgan fingerprint density at radius 3 is 2.31 bits per heavy atom. The molecule has 182 valence electrons. The summed E-state index contributed by atoms with van der Waals surface area (Å²) in [7, 11) is 0. The largest absolute Gasteiger partial charge is 0.490 e. The molecule has 0 saturated carbocycles. The Balaban J connectivity index is 1.51. The minimum atomic E-state index is -0.416. The fourth-order valence-electron chi connectivity index (χ4n) is 2.86. The molecule has 0 spiro atoms. The van der Waals surface area contributed by atoms with Crippen LogP contribution in [-0.2, 0) is 9.59 Å². The minimum Gasteiger partial charge on any atom is -0.490 e. The second kappa shape index (κ2) is 13.0. The van der Waals surface area contributed by atoms with E-state index < -0.39 is 5.91 Å². The average molecular weight is 496 g/mol. The third-order valence-corrected chi connectivity index (χ3v) is 4.80. The van der Waals surface area contributed by atoms with E-state index in [-0.39, 0.29) is 19.1 Å². The first-order valence-corrected chi connectivity index (χ1v) is 11.3. The molecule has 0 aliphatic carbocycles. The van der Waals surface area contributed by atoms with E-state index in [1.807, 2.05) is 38.1 Å². The van der Waals surface area contributed by atoms with Crippen LogP contribution in [-0.4, -0.2) is 37.8 Å². The van der Waals surface area contributed by atoms with Crippen LogP contribution in [0, 0.1) is 6.92 Å². The van der Waals surface area contributed by atoms with Crippen molar-refractivity contribution in [3.05, 3.63) is 82.9 Å². The molecule has 35 heavy (non-hydrogen) atoms. The maximum absolute atomic E-state index is 12.2. The second-order valence-corrected chi connectivity index (χ2v) is 7.81. The summed E-state index contributed by atoms with van der Waals surface area (Å²) in [6, 6.07) is 19.3. The van der Waals surface area contributed by atoms with E-state index >= 15 is 0 Å². The fraction of sp³-hybridized carbons (Fsp3) is 0.192. The molecule has 3 aromatic carbocycles. The zero-order chi connectivity index (χ0) is 25.0. The number of benzene rings is 3. The van der Waals surface area contributed by atoms with Crippen LogP contribution in [0.1, 0.15) is 18.1 Å². The molecular formula is C26H26ClN3O5. The first kappa shape index (κ1) is 25.6. The van der Waals surface area contributed by atoms with Gasteiger partial charge in [0.2, 0.25) is 0 Å². The van der Waals surface area contributed by atoms with E-state index in [0.29, 0.717) is 40.1 Å². The van der Waals surface area contributed by atoms with Crippen molar-refractivity contribution in [3.63, 3.8) is 0 Å². The Kier molecular flexibility index (Phi) is 9.50. The van der Waals surface area contributed by atoms with Gasteiger partial charge in [-0.05, 0) is 74.0 Å². The van der Waals surface area contributed by atoms with Crippen LogP contribution in [0.3, 0.4) is 0 Å². The zero-order valence-electron chi connectivity index (χ0n) is 19.4. The molecule has 9 heteroatoms. The third-order valence-electron chi connectivity index (χ3n) is 4.55. The van der Waals surface area contributed by atoms with Gasteiger partial charge in [0, 0.05) is 10.7 Å². The summed E-state index contributed by atoms with van der Waals surface area (Å²) >= 11 is 5.82. The highest BCUT2D eigenvalue weighted by molar-refractivity contribution is 6.30. The lowest BCUT2D eigenvalue weighted by atomic mass is 10.2. The highest BCUT2D eigenvalue weighted by Crippen LogP contribution is 2.28. The Morgan fingerprint density at radius 1 is 0.886 bits per heavy atom. The summed E-state index contributed by atoms with van der Waals surface area (Å²) in [5, 5.41) is 7.30. The molecule has 8 nitrogen and oxygen atoms in total. The van der Waals surface area contributed by atoms with Gasteiger partial charge in [-0.3, -0.25) is 9.59 Å². The van der Waals surface area contributed by atoms with Gasteiger partial charge < -0.3 is 19.5 Å². The monoisotopic (exact) mass is 495 g/mol. The van der Waals surface area contributed by atoms with Crippen molar-refractivity contribution < 1.29 is 23.8 Å². The van der Waals surface area contributed by atoms with E-state index in [2.05, 4.69) is 15.8 Å². The molecule has 0 aliphatic rings. The lowest BCUT2D eigenvalue weighted by molar-refractivity contribution is -0.123. The maximum atomic E-state index is 12.2. The van der Waals surface area contributed by atoms with Gasteiger partial charge in [0.1, 0.15) is 5.75 Å². The molecule has 2 N–H and O–H groups in total. The zero-order valence-corrected chi connectivity index (χ0v) is 20.2. The molecule has 0 atom stereocenters. The molecule has 0 saturated heterocycles. The summed E-state index contributed by atoms with van der Waals surface area (Å²) in [4.78, 5) is 24.2. The van der Waals surface area contributed by atoms with Crippen LogP contribution in [0.2, 0.25) is 5.02 Å². The Labute approximate surface area is 208 Å². The van der Waals surface area contributed by atoms with Crippen molar-refractivity contribution in [1.82, 2.24) is 5.43 Å². The average Bonchev–Trinajstić information content (AvgIpc) is 2.85. The number of carbonyl (C=O) groups is 2. The van der Waals surface area contributed by atoms with Gasteiger partial charge in [-0.25, -0.2) is 5.43 Å². The molecule has 0 aliphatic heterocycles. The van der Waals surface area contributed by atoms with Gasteiger partial charge >= 0.3 is 0 Å². The van der Waals surface area contributed by atoms with Gasteiger partial charge in [-0.1, -0.05) is 29.3 Å². The minimum absolute atomic E-state index is 0.176. The van der Waals surface area contributed by atoms with E-state index in [4.69, 9.17) is 25.8 Å². The van der Waals surface area contributed by atoms with Gasteiger partial charge in [-0.2, -0.15) is 5.10 Å². The quantitative estimate of drug-likeness (QED) is 0.299. The number of carbonyl (C=O) groups excluding carboxylic acids is 2. The number of hydrogen-bond acceptors (Lipinski definition) is 6. The van der Waals surface area contributed by atoms with Gasteiger partial charge in [0.05, 0.1) is 12.8 Å². The van der Waals surface area contributed by atoms with Crippen molar-refractivity contribution in [2.75, 3.05) is 25.1 Å². The van der Waals surface area contributed by atoms with E-state index in [1.165, 1.54) is 6.21 Å². The van der Waals surface area contributed by atoms with Crippen molar-refractivity contribution in [2.24, 2.45) is 5.10 Å². The smallest absolute Gasteiger partial charge is 0.277 e. The number of hydrogen-bond donors (Lipinski definition) is 2. The standard InChI is InChI=1S/C26H26ClN3O5/c1-3-33-24-14-19(15-28-30-26(32)17-34-22-11-7-20(27)8-12-22)6-13-23(24)35-16-25(31)29-21-9-4-18(2)5-10-21/h4-15H,3,16-17H2,1-2H3,(H,29,31)(H,30,32)/b28-15-. The van der Waals surface area contributed by atoms with Gasteiger partial charge in [0.15, 0.2) is 24.7 Å². The van der Waals surface area contributed by atoms with Crippen LogP contribution >= 0.6 is 11.6 Å². The van der Waals surface area contributed by atoms with Crippen molar-refractivity contribution in [2.45, 2.75) is 13.8 Å². The molecule has 0 unspecified atom stereocenters. The van der Waals surface area contributed by atoms with E-state index in [9.17, 15) is 9.59 Å². The third kappa shape index (κ3) is 8.68. The van der Waals surface area contributed by atoms with Crippen LogP contribution in [0.25, 0.3) is 0 Å². The molecule has 0 heterocycles. The van der Waals surface area contributed by atoms with Crippen LogP contribution in [0.5, 0.6) is 17.2 Å². The number of anilines is 1. The predicted octanol–water partition coefficient (Wildman–Crippen LogP) is 4.59. The number of aryl methyl sites for hydroxylation is 1. The number of nitrogens with one attached hydrogen (secondary N) is 2. The summed E-state index contributed by atoms with van der Waals surface area (Å²) in [5.41, 5.74) is 4.87. The SMILES string of the molecule is CCOc1cc(/C=N\NC(=O)COc2ccc(Cl)cc2)ccc1OCC(=O)Nc1ccc(C)cc1. The predicted molar refractivity (Wildman–Crippen MR) is 136 cm³/mol. The van der Waals surface area contributed by atoms with Crippen molar-refractivity contribution in [1.29, 1.82) is 0 Å².